The maximum Gasteiger partial charge on any atom is 0.248 e. The summed E-state index contributed by atoms with van der Waals surface area (Å²) in [5.74, 6) is 2.55. The van der Waals surface area contributed by atoms with Crippen molar-refractivity contribution >= 4 is 11.6 Å². The number of hydrogen-bond acceptors (Lipinski definition) is 2. The fourth-order valence-corrected chi connectivity index (χ4v) is 2.97. The first-order valence-electron chi connectivity index (χ1n) is 6.70. The number of rotatable bonds is 4. The van der Waals surface area contributed by atoms with Crippen LogP contribution in [0.4, 0.5) is 13.2 Å². The molecule has 3 N–H and O–H groups in total. The number of halogens is 4. The highest BCUT2D eigenvalue weighted by molar-refractivity contribution is 6.31. The van der Waals surface area contributed by atoms with Crippen molar-refractivity contribution in [3.8, 4) is 0 Å². The lowest BCUT2D eigenvalue weighted by Gasteiger charge is -2.33. The zero-order valence-corrected chi connectivity index (χ0v) is 11.8. The van der Waals surface area contributed by atoms with E-state index >= 15 is 0 Å². The third kappa shape index (κ3) is 3.65. The summed E-state index contributed by atoms with van der Waals surface area (Å²) in [5, 5.41) is 0.0777. The van der Waals surface area contributed by atoms with Gasteiger partial charge in [0.1, 0.15) is 5.82 Å². The van der Waals surface area contributed by atoms with Crippen LogP contribution < -0.4 is 11.3 Å². The van der Waals surface area contributed by atoms with Crippen LogP contribution in [0.5, 0.6) is 0 Å². The van der Waals surface area contributed by atoms with Crippen molar-refractivity contribution in [3.05, 3.63) is 34.6 Å². The van der Waals surface area contributed by atoms with Gasteiger partial charge in [0.15, 0.2) is 0 Å². The molecule has 0 aromatic heterocycles. The molecule has 6 heteroatoms. The molecule has 2 nitrogen and oxygen atoms in total. The van der Waals surface area contributed by atoms with Gasteiger partial charge < -0.3 is 0 Å². The summed E-state index contributed by atoms with van der Waals surface area (Å²) in [7, 11) is 0. The van der Waals surface area contributed by atoms with Gasteiger partial charge in [-0.25, -0.2) is 13.2 Å². The van der Waals surface area contributed by atoms with Gasteiger partial charge in [-0.2, -0.15) is 0 Å². The number of hydrogen-bond donors (Lipinski definition) is 2. The first-order chi connectivity index (χ1) is 9.43. The van der Waals surface area contributed by atoms with Crippen molar-refractivity contribution in [1.82, 2.24) is 5.43 Å². The van der Waals surface area contributed by atoms with Gasteiger partial charge in [0.25, 0.3) is 0 Å². The maximum atomic E-state index is 13.4. The van der Waals surface area contributed by atoms with Crippen molar-refractivity contribution in [2.75, 3.05) is 0 Å². The van der Waals surface area contributed by atoms with Crippen molar-refractivity contribution in [1.29, 1.82) is 0 Å². The SMILES string of the molecule is NNC(Cc1cccc(F)c1Cl)C1CCC(F)(F)CC1. The standard InChI is InChI=1S/C14H18ClF3N2/c15-13-10(2-1-3-11(13)16)8-12(20-19)9-4-6-14(17,18)7-5-9/h1-3,9,12,20H,4-8,19H2. The quantitative estimate of drug-likeness (QED) is 0.658. The molecule has 1 aliphatic rings. The zero-order valence-electron chi connectivity index (χ0n) is 11.0. The van der Waals surface area contributed by atoms with Crippen molar-refractivity contribution in [2.45, 2.75) is 44.1 Å². The lowest BCUT2D eigenvalue weighted by Crippen LogP contribution is -2.44. The molecule has 112 valence electrons. The van der Waals surface area contributed by atoms with E-state index < -0.39 is 11.7 Å². The molecule has 1 fully saturated rings. The molecule has 1 aromatic carbocycles. The Balaban J connectivity index is 2.04. The average molecular weight is 307 g/mol. The molecule has 0 aliphatic heterocycles. The summed E-state index contributed by atoms with van der Waals surface area (Å²) in [4.78, 5) is 0. The topological polar surface area (TPSA) is 38.0 Å². The molecule has 1 unspecified atom stereocenters. The smallest absolute Gasteiger partial charge is 0.248 e. The van der Waals surface area contributed by atoms with E-state index in [0.717, 1.165) is 0 Å². The average Bonchev–Trinajstić information content (AvgIpc) is 2.41. The normalized spacial score (nSPS) is 20.9. The van der Waals surface area contributed by atoms with Gasteiger partial charge in [-0.15, -0.1) is 0 Å². The Hall–Kier alpha value is -0.780. The van der Waals surface area contributed by atoms with Crippen LogP contribution in [0.15, 0.2) is 18.2 Å². The molecule has 0 saturated heterocycles. The van der Waals surface area contributed by atoms with Gasteiger partial charge in [0.2, 0.25) is 5.92 Å². The third-order valence-electron chi connectivity index (χ3n) is 4.02. The molecule has 2 rings (SSSR count). The second-order valence-corrected chi connectivity index (χ2v) is 5.76. The Morgan fingerprint density at radius 3 is 2.60 bits per heavy atom. The minimum Gasteiger partial charge on any atom is -0.271 e. The van der Waals surface area contributed by atoms with Crippen LogP contribution in [0.3, 0.4) is 0 Å². The van der Waals surface area contributed by atoms with Gasteiger partial charge in [0, 0.05) is 18.9 Å². The minimum atomic E-state index is -2.56. The Bertz CT molecular complexity index is 458. The van der Waals surface area contributed by atoms with Gasteiger partial charge in [0.05, 0.1) is 5.02 Å². The zero-order chi connectivity index (χ0) is 14.8. The fraction of sp³-hybridized carbons (Fsp3) is 0.571. The highest BCUT2D eigenvalue weighted by Crippen LogP contribution is 2.38. The van der Waals surface area contributed by atoms with Crippen LogP contribution >= 0.6 is 11.6 Å². The van der Waals surface area contributed by atoms with Gasteiger partial charge >= 0.3 is 0 Å². The maximum absolute atomic E-state index is 13.4. The number of benzene rings is 1. The Labute approximate surface area is 121 Å². The number of nitrogens with two attached hydrogens (primary N) is 1. The lowest BCUT2D eigenvalue weighted by molar-refractivity contribution is -0.0495. The molecule has 1 aliphatic carbocycles. The predicted octanol–water partition coefficient (Wildman–Crippen LogP) is 3.68. The fourth-order valence-electron chi connectivity index (χ4n) is 2.77. The summed E-state index contributed by atoms with van der Waals surface area (Å²) in [6, 6.07) is 4.43. The minimum absolute atomic E-state index is 0.0546. The molecule has 0 spiro atoms. The van der Waals surface area contributed by atoms with E-state index in [4.69, 9.17) is 17.4 Å². The Kier molecular flexibility index (Phi) is 4.94. The van der Waals surface area contributed by atoms with E-state index in [1.165, 1.54) is 6.07 Å². The van der Waals surface area contributed by atoms with E-state index in [1.54, 1.807) is 12.1 Å². The summed E-state index contributed by atoms with van der Waals surface area (Å²) in [6.07, 6.45) is 1.02. The highest BCUT2D eigenvalue weighted by atomic mass is 35.5. The monoisotopic (exact) mass is 306 g/mol. The van der Waals surface area contributed by atoms with Crippen molar-refractivity contribution < 1.29 is 13.2 Å². The van der Waals surface area contributed by atoms with E-state index in [1.807, 2.05) is 0 Å². The summed E-state index contributed by atoms with van der Waals surface area (Å²) >= 11 is 5.91. The molecule has 0 heterocycles. The van der Waals surface area contributed by atoms with E-state index in [0.29, 0.717) is 24.8 Å². The summed E-state index contributed by atoms with van der Waals surface area (Å²) in [6.45, 7) is 0. The molecule has 20 heavy (non-hydrogen) atoms. The first-order valence-corrected chi connectivity index (χ1v) is 7.07. The predicted molar refractivity (Wildman–Crippen MR) is 73.1 cm³/mol. The number of alkyl halides is 2. The molecular formula is C14H18ClF3N2. The van der Waals surface area contributed by atoms with Gasteiger partial charge in [-0.3, -0.25) is 11.3 Å². The summed E-state index contributed by atoms with van der Waals surface area (Å²) < 4.78 is 39.7. The van der Waals surface area contributed by atoms with Gasteiger partial charge in [-0.1, -0.05) is 23.7 Å². The van der Waals surface area contributed by atoms with Crippen LogP contribution in [0.25, 0.3) is 0 Å². The lowest BCUT2D eigenvalue weighted by atomic mass is 9.80. The van der Waals surface area contributed by atoms with Crippen molar-refractivity contribution in [2.24, 2.45) is 11.8 Å². The summed E-state index contributed by atoms with van der Waals surface area (Å²) in [5.41, 5.74) is 3.31. The number of hydrazine groups is 1. The van der Waals surface area contributed by atoms with Crippen LogP contribution in [-0.4, -0.2) is 12.0 Å². The van der Waals surface area contributed by atoms with Crippen LogP contribution in [0.2, 0.25) is 5.02 Å². The van der Waals surface area contributed by atoms with E-state index in [2.05, 4.69) is 5.43 Å². The molecule has 0 bridgehead atoms. The second-order valence-electron chi connectivity index (χ2n) is 5.38. The molecular weight excluding hydrogens is 289 g/mol. The highest BCUT2D eigenvalue weighted by Gasteiger charge is 2.37. The molecule has 0 amide bonds. The van der Waals surface area contributed by atoms with E-state index in [-0.39, 0.29) is 29.8 Å². The van der Waals surface area contributed by atoms with E-state index in [9.17, 15) is 13.2 Å². The Morgan fingerprint density at radius 2 is 2.00 bits per heavy atom. The number of nitrogens with one attached hydrogen (secondary N) is 1. The third-order valence-corrected chi connectivity index (χ3v) is 4.44. The van der Waals surface area contributed by atoms with Crippen molar-refractivity contribution in [3.63, 3.8) is 0 Å². The largest absolute Gasteiger partial charge is 0.271 e. The molecule has 1 atom stereocenters. The second kappa shape index (κ2) is 6.33. The van der Waals surface area contributed by atoms with Gasteiger partial charge in [-0.05, 0) is 36.8 Å². The molecule has 1 saturated carbocycles. The van der Waals surface area contributed by atoms with Crippen LogP contribution in [0, 0.1) is 11.7 Å². The van der Waals surface area contributed by atoms with Crippen LogP contribution in [-0.2, 0) is 6.42 Å². The van der Waals surface area contributed by atoms with Crippen LogP contribution in [0.1, 0.15) is 31.2 Å². The molecule has 0 radical (unpaired) electrons. The first kappa shape index (κ1) is 15.6. The Morgan fingerprint density at radius 1 is 1.35 bits per heavy atom. The molecule has 1 aromatic rings.